The standard InChI is InChI=1S/C9H7F2N3O/c10-9(11)8-7(3-13)5(2-12)1-6(4-15)14-8/h1,4,9H,2,12H2. The lowest BCUT2D eigenvalue weighted by molar-refractivity contribution is 0.111. The Morgan fingerprint density at radius 1 is 1.67 bits per heavy atom. The number of pyridine rings is 1. The summed E-state index contributed by atoms with van der Waals surface area (Å²) in [5.41, 5.74) is 4.39. The molecule has 78 valence electrons. The van der Waals surface area contributed by atoms with E-state index in [1.54, 1.807) is 6.07 Å². The molecule has 0 radical (unpaired) electrons. The summed E-state index contributed by atoms with van der Waals surface area (Å²) in [5, 5.41) is 8.68. The molecule has 0 aliphatic heterocycles. The lowest BCUT2D eigenvalue weighted by Gasteiger charge is -2.07. The van der Waals surface area contributed by atoms with E-state index in [0.29, 0.717) is 6.29 Å². The summed E-state index contributed by atoms with van der Waals surface area (Å²) in [4.78, 5) is 13.8. The van der Waals surface area contributed by atoms with Crippen LogP contribution in [0.25, 0.3) is 0 Å². The highest BCUT2D eigenvalue weighted by atomic mass is 19.3. The van der Waals surface area contributed by atoms with Gasteiger partial charge in [-0.15, -0.1) is 0 Å². The number of aromatic nitrogens is 1. The van der Waals surface area contributed by atoms with E-state index in [1.165, 1.54) is 6.07 Å². The van der Waals surface area contributed by atoms with Crippen molar-refractivity contribution in [3.63, 3.8) is 0 Å². The van der Waals surface area contributed by atoms with Crippen LogP contribution in [0.3, 0.4) is 0 Å². The third kappa shape index (κ3) is 2.14. The number of halogens is 2. The van der Waals surface area contributed by atoms with Crippen molar-refractivity contribution in [2.75, 3.05) is 0 Å². The van der Waals surface area contributed by atoms with E-state index in [0.717, 1.165) is 0 Å². The van der Waals surface area contributed by atoms with Gasteiger partial charge in [0.15, 0.2) is 6.29 Å². The molecule has 0 aromatic carbocycles. The molecule has 4 nitrogen and oxygen atoms in total. The van der Waals surface area contributed by atoms with Gasteiger partial charge in [-0.3, -0.25) is 4.79 Å². The molecule has 0 spiro atoms. The molecule has 1 rings (SSSR count). The molecule has 0 saturated carbocycles. The van der Waals surface area contributed by atoms with E-state index >= 15 is 0 Å². The predicted molar refractivity (Wildman–Crippen MR) is 47.2 cm³/mol. The fourth-order valence-corrected chi connectivity index (χ4v) is 1.15. The van der Waals surface area contributed by atoms with Crippen molar-refractivity contribution < 1.29 is 13.6 Å². The van der Waals surface area contributed by atoms with Crippen molar-refractivity contribution >= 4 is 6.29 Å². The molecule has 15 heavy (non-hydrogen) atoms. The molecule has 0 amide bonds. The predicted octanol–water partition coefficient (Wildman–Crippen LogP) is 1.16. The van der Waals surface area contributed by atoms with Gasteiger partial charge in [0.25, 0.3) is 6.43 Å². The summed E-state index contributed by atoms with van der Waals surface area (Å²) in [6.45, 7) is -0.0913. The Kier molecular flexibility index (Phi) is 3.42. The molecule has 1 aromatic heterocycles. The number of hydrogen-bond acceptors (Lipinski definition) is 4. The second kappa shape index (κ2) is 4.57. The molecule has 0 aliphatic rings. The number of carbonyl (C=O) groups excluding carboxylic acids is 1. The smallest absolute Gasteiger partial charge is 0.281 e. The molecule has 0 unspecified atom stereocenters. The van der Waals surface area contributed by atoms with Crippen LogP contribution in [0.5, 0.6) is 0 Å². The van der Waals surface area contributed by atoms with Crippen molar-refractivity contribution in [2.45, 2.75) is 13.0 Å². The highest BCUT2D eigenvalue weighted by Gasteiger charge is 2.19. The summed E-state index contributed by atoms with van der Waals surface area (Å²) in [6.07, 6.45) is -2.56. The Balaban J connectivity index is 3.47. The van der Waals surface area contributed by atoms with Gasteiger partial charge in [-0.2, -0.15) is 5.26 Å². The number of aldehydes is 1. The molecular weight excluding hydrogens is 204 g/mol. The lowest BCUT2D eigenvalue weighted by Crippen LogP contribution is -2.07. The zero-order valence-electron chi connectivity index (χ0n) is 7.58. The Bertz CT molecular complexity index is 426. The highest BCUT2D eigenvalue weighted by Crippen LogP contribution is 2.23. The summed E-state index contributed by atoms with van der Waals surface area (Å²) in [6, 6.07) is 2.84. The van der Waals surface area contributed by atoms with Gasteiger partial charge in [0.05, 0.1) is 5.56 Å². The molecule has 0 fully saturated rings. The maximum Gasteiger partial charge on any atom is 0.281 e. The molecule has 0 aliphatic carbocycles. The van der Waals surface area contributed by atoms with Crippen molar-refractivity contribution in [3.05, 3.63) is 28.6 Å². The van der Waals surface area contributed by atoms with Gasteiger partial charge < -0.3 is 5.73 Å². The van der Waals surface area contributed by atoms with Crippen LogP contribution in [0, 0.1) is 11.3 Å². The quantitative estimate of drug-likeness (QED) is 0.761. The van der Waals surface area contributed by atoms with Crippen LogP contribution in [0.1, 0.15) is 33.7 Å². The number of nitrogens with zero attached hydrogens (tertiary/aromatic N) is 2. The molecule has 1 heterocycles. The first-order valence-corrected chi connectivity index (χ1v) is 4.01. The van der Waals surface area contributed by atoms with Crippen LogP contribution in [-0.2, 0) is 6.54 Å². The van der Waals surface area contributed by atoms with Gasteiger partial charge in [-0.1, -0.05) is 0 Å². The summed E-state index contributed by atoms with van der Waals surface area (Å²) >= 11 is 0. The molecular formula is C9H7F2N3O. The fraction of sp³-hybridized carbons (Fsp3) is 0.222. The molecule has 0 bridgehead atoms. The third-order valence-electron chi connectivity index (χ3n) is 1.81. The Morgan fingerprint density at radius 3 is 2.73 bits per heavy atom. The van der Waals surface area contributed by atoms with Crippen molar-refractivity contribution in [1.82, 2.24) is 4.98 Å². The second-order valence-electron chi connectivity index (χ2n) is 2.70. The Morgan fingerprint density at radius 2 is 2.33 bits per heavy atom. The van der Waals surface area contributed by atoms with E-state index in [4.69, 9.17) is 11.0 Å². The van der Waals surface area contributed by atoms with Crippen LogP contribution in [0.4, 0.5) is 8.78 Å². The van der Waals surface area contributed by atoms with Crippen molar-refractivity contribution in [1.29, 1.82) is 5.26 Å². The fourth-order valence-electron chi connectivity index (χ4n) is 1.15. The van der Waals surface area contributed by atoms with E-state index in [1.807, 2.05) is 0 Å². The number of alkyl halides is 2. The molecule has 0 saturated heterocycles. The van der Waals surface area contributed by atoms with Crippen molar-refractivity contribution in [3.8, 4) is 6.07 Å². The number of hydrogen-bond donors (Lipinski definition) is 1. The van der Waals surface area contributed by atoms with Gasteiger partial charge in [-0.25, -0.2) is 13.8 Å². The lowest BCUT2D eigenvalue weighted by atomic mass is 10.1. The Hall–Kier alpha value is -1.87. The van der Waals surface area contributed by atoms with Gasteiger partial charge in [-0.05, 0) is 11.6 Å². The minimum Gasteiger partial charge on any atom is -0.326 e. The highest BCUT2D eigenvalue weighted by molar-refractivity contribution is 5.73. The van der Waals surface area contributed by atoms with Gasteiger partial charge in [0, 0.05) is 6.54 Å². The molecule has 0 atom stereocenters. The maximum atomic E-state index is 12.5. The number of rotatable bonds is 3. The van der Waals surface area contributed by atoms with E-state index in [2.05, 4.69) is 4.98 Å². The zero-order valence-corrected chi connectivity index (χ0v) is 7.58. The van der Waals surface area contributed by atoms with Crippen LogP contribution >= 0.6 is 0 Å². The van der Waals surface area contributed by atoms with Gasteiger partial charge >= 0.3 is 0 Å². The normalized spacial score (nSPS) is 10.1. The Labute approximate surface area is 84.3 Å². The average molecular weight is 211 g/mol. The summed E-state index contributed by atoms with van der Waals surface area (Å²) in [7, 11) is 0. The SMILES string of the molecule is N#Cc1c(CN)cc(C=O)nc1C(F)F. The van der Waals surface area contributed by atoms with Crippen LogP contribution in [0.15, 0.2) is 6.07 Å². The van der Waals surface area contributed by atoms with E-state index in [-0.39, 0.29) is 23.4 Å². The van der Waals surface area contributed by atoms with E-state index < -0.39 is 12.1 Å². The topological polar surface area (TPSA) is 79.8 Å². The molecule has 1 aromatic rings. The first-order valence-electron chi connectivity index (χ1n) is 4.01. The number of nitriles is 1. The molecule has 6 heteroatoms. The van der Waals surface area contributed by atoms with Crippen LogP contribution in [0.2, 0.25) is 0 Å². The minimum absolute atomic E-state index is 0.0913. The van der Waals surface area contributed by atoms with Gasteiger partial charge in [0.1, 0.15) is 17.5 Å². The first kappa shape index (κ1) is 11.2. The van der Waals surface area contributed by atoms with Gasteiger partial charge in [0.2, 0.25) is 0 Å². The van der Waals surface area contributed by atoms with E-state index in [9.17, 15) is 13.6 Å². The largest absolute Gasteiger partial charge is 0.326 e. The zero-order chi connectivity index (χ0) is 11.4. The van der Waals surface area contributed by atoms with Crippen LogP contribution < -0.4 is 5.73 Å². The van der Waals surface area contributed by atoms with Crippen LogP contribution in [-0.4, -0.2) is 11.3 Å². The average Bonchev–Trinajstić information content (AvgIpc) is 2.26. The van der Waals surface area contributed by atoms with Crippen molar-refractivity contribution in [2.24, 2.45) is 5.73 Å². The maximum absolute atomic E-state index is 12.5. The second-order valence-corrected chi connectivity index (χ2v) is 2.70. The first-order chi connectivity index (χ1) is 7.13. The third-order valence-corrected chi connectivity index (χ3v) is 1.81. The summed E-state index contributed by atoms with van der Waals surface area (Å²) < 4.78 is 25.0. The summed E-state index contributed by atoms with van der Waals surface area (Å²) in [5.74, 6) is 0. The minimum atomic E-state index is -2.90. The monoisotopic (exact) mass is 211 g/mol. The molecule has 2 N–H and O–H groups in total. The number of carbonyl (C=O) groups is 1. The number of nitrogens with two attached hydrogens (primary N) is 1.